The third kappa shape index (κ3) is 3.10. The average molecular weight is 366 g/mol. The van der Waals surface area contributed by atoms with Crippen molar-refractivity contribution in [3.63, 3.8) is 0 Å². The molecule has 3 rings (SSSR count). The second-order valence-corrected chi connectivity index (χ2v) is 8.40. The first-order valence-corrected chi connectivity index (χ1v) is 9.81. The molecule has 23 heavy (non-hydrogen) atoms. The lowest BCUT2D eigenvalue weighted by Crippen LogP contribution is -2.16. The number of rotatable bonds is 5. The Hall–Kier alpha value is -1.90. The molecule has 0 radical (unpaired) electrons. The summed E-state index contributed by atoms with van der Waals surface area (Å²) in [6, 6.07) is 8.85. The zero-order chi connectivity index (χ0) is 16.4. The van der Waals surface area contributed by atoms with Crippen LogP contribution in [0.3, 0.4) is 0 Å². The van der Waals surface area contributed by atoms with Crippen molar-refractivity contribution in [2.24, 2.45) is 4.40 Å². The Morgan fingerprint density at radius 2 is 2.22 bits per heavy atom. The summed E-state index contributed by atoms with van der Waals surface area (Å²) in [6.07, 6.45) is 1.72. The zero-order valence-electron chi connectivity index (χ0n) is 12.3. The van der Waals surface area contributed by atoms with Gasteiger partial charge in [0.2, 0.25) is 4.80 Å². The number of allylic oxidation sites excluding steroid dienone is 1. The Morgan fingerprint density at radius 3 is 2.87 bits per heavy atom. The fraction of sp³-hybridized carbons (Fsp3) is 0.133. The molecule has 3 aromatic rings. The normalized spacial score (nSPS) is 12.7. The van der Waals surface area contributed by atoms with Gasteiger partial charge in [-0.15, -0.1) is 22.3 Å². The first kappa shape index (κ1) is 16.0. The van der Waals surface area contributed by atoms with E-state index in [1.807, 2.05) is 22.8 Å². The molecule has 0 aliphatic carbocycles. The summed E-state index contributed by atoms with van der Waals surface area (Å²) in [5.41, 5.74) is 0.899. The minimum Gasteiger partial charge on any atom is -0.497 e. The highest BCUT2D eigenvalue weighted by Gasteiger charge is 2.15. The molecule has 0 spiro atoms. The van der Waals surface area contributed by atoms with Gasteiger partial charge in [0, 0.05) is 6.54 Å². The number of sulfonamides is 1. The van der Waals surface area contributed by atoms with Gasteiger partial charge in [-0.2, -0.15) is 8.42 Å². The van der Waals surface area contributed by atoms with Crippen molar-refractivity contribution in [1.82, 2.24) is 4.57 Å². The fourth-order valence-corrected chi connectivity index (χ4v) is 5.35. The van der Waals surface area contributed by atoms with Crippen molar-refractivity contribution >= 4 is 42.9 Å². The molecule has 5 nitrogen and oxygen atoms in total. The minimum atomic E-state index is -3.71. The van der Waals surface area contributed by atoms with Crippen LogP contribution in [0.2, 0.25) is 0 Å². The van der Waals surface area contributed by atoms with E-state index in [1.165, 1.54) is 11.3 Å². The van der Waals surface area contributed by atoms with Gasteiger partial charge in [0.15, 0.2) is 0 Å². The Balaban J connectivity index is 2.25. The molecule has 0 saturated heterocycles. The number of aromatic nitrogens is 1. The van der Waals surface area contributed by atoms with Crippen LogP contribution < -0.4 is 9.54 Å². The van der Waals surface area contributed by atoms with Crippen molar-refractivity contribution in [3.8, 4) is 5.75 Å². The maximum absolute atomic E-state index is 12.4. The van der Waals surface area contributed by atoms with Crippen LogP contribution in [0.1, 0.15) is 0 Å². The van der Waals surface area contributed by atoms with Crippen LogP contribution in [-0.4, -0.2) is 20.1 Å². The Bertz CT molecular complexity index is 1010. The molecule has 0 bridgehead atoms. The summed E-state index contributed by atoms with van der Waals surface area (Å²) in [5, 5.41) is 1.72. The SMILES string of the molecule is C=CCn1/c(=N/S(=O)(=O)c2cccs2)sc2cc(OC)ccc21. The summed E-state index contributed by atoms with van der Waals surface area (Å²) in [4.78, 5) is 0.418. The predicted molar refractivity (Wildman–Crippen MR) is 93.6 cm³/mol. The van der Waals surface area contributed by atoms with E-state index in [2.05, 4.69) is 11.0 Å². The number of benzene rings is 1. The number of hydrogen-bond acceptors (Lipinski definition) is 5. The molecule has 0 atom stereocenters. The molecule has 0 N–H and O–H groups in total. The molecular formula is C15H14N2O3S3. The molecule has 0 unspecified atom stereocenters. The Kier molecular flexibility index (Phi) is 4.38. The van der Waals surface area contributed by atoms with Crippen molar-refractivity contribution in [3.05, 3.63) is 53.2 Å². The van der Waals surface area contributed by atoms with E-state index in [1.54, 1.807) is 30.7 Å². The number of fused-ring (bicyclic) bond motifs is 1. The maximum Gasteiger partial charge on any atom is 0.294 e. The van der Waals surface area contributed by atoms with Gasteiger partial charge in [0.1, 0.15) is 9.96 Å². The predicted octanol–water partition coefficient (Wildman–Crippen LogP) is 3.25. The lowest BCUT2D eigenvalue weighted by Gasteiger charge is -2.02. The topological polar surface area (TPSA) is 60.7 Å². The summed E-state index contributed by atoms with van der Waals surface area (Å²) in [5.74, 6) is 0.720. The van der Waals surface area contributed by atoms with Crippen LogP contribution >= 0.6 is 22.7 Å². The van der Waals surface area contributed by atoms with Crippen molar-refractivity contribution in [2.75, 3.05) is 7.11 Å². The van der Waals surface area contributed by atoms with E-state index < -0.39 is 10.0 Å². The number of thiazole rings is 1. The third-order valence-corrected chi connectivity index (χ3v) is 6.95. The van der Waals surface area contributed by atoms with Crippen molar-refractivity contribution in [2.45, 2.75) is 10.8 Å². The highest BCUT2D eigenvalue weighted by molar-refractivity contribution is 7.92. The van der Waals surface area contributed by atoms with Crippen LogP contribution in [0.25, 0.3) is 10.2 Å². The number of hydrogen-bond donors (Lipinski definition) is 0. The van der Waals surface area contributed by atoms with Gasteiger partial charge < -0.3 is 9.30 Å². The second kappa shape index (κ2) is 6.31. The fourth-order valence-electron chi connectivity index (χ4n) is 2.11. The minimum absolute atomic E-state index is 0.234. The lowest BCUT2D eigenvalue weighted by molar-refractivity contribution is 0.415. The van der Waals surface area contributed by atoms with Gasteiger partial charge in [0.05, 0.1) is 17.3 Å². The average Bonchev–Trinajstić information content (AvgIpc) is 3.16. The molecule has 0 aliphatic rings. The van der Waals surface area contributed by atoms with Crippen LogP contribution in [0.5, 0.6) is 5.75 Å². The molecule has 1 aromatic carbocycles. The van der Waals surface area contributed by atoms with E-state index in [9.17, 15) is 8.42 Å². The van der Waals surface area contributed by atoms with Crippen molar-refractivity contribution < 1.29 is 13.2 Å². The first-order valence-electron chi connectivity index (χ1n) is 6.68. The largest absolute Gasteiger partial charge is 0.497 e. The van der Waals surface area contributed by atoms with Crippen LogP contribution in [0.4, 0.5) is 0 Å². The third-order valence-electron chi connectivity index (χ3n) is 3.15. The van der Waals surface area contributed by atoms with Crippen LogP contribution in [-0.2, 0) is 16.6 Å². The van der Waals surface area contributed by atoms with E-state index in [0.29, 0.717) is 11.3 Å². The number of nitrogens with zero attached hydrogens (tertiary/aromatic N) is 2. The van der Waals surface area contributed by atoms with E-state index in [-0.39, 0.29) is 4.21 Å². The second-order valence-electron chi connectivity index (χ2n) is 4.62. The zero-order valence-corrected chi connectivity index (χ0v) is 14.7. The van der Waals surface area contributed by atoms with Gasteiger partial charge in [-0.1, -0.05) is 23.5 Å². The summed E-state index contributed by atoms with van der Waals surface area (Å²) in [7, 11) is -2.11. The molecule has 0 aliphatic heterocycles. The Labute approximate surface area is 141 Å². The van der Waals surface area contributed by atoms with Crippen LogP contribution in [0.15, 0.2) is 57.0 Å². The Morgan fingerprint density at radius 1 is 1.39 bits per heavy atom. The van der Waals surface area contributed by atoms with E-state index >= 15 is 0 Å². The van der Waals surface area contributed by atoms with Gasteiger partial charge in [-0.05, 0) is 29.6 Å². The lowest BCUT2D eigenvalue weighted by atomic mass is 10.3. The van der Waals surface area contributed by atoms with Gasteiger partial charge in [-0.3, -0.25) is 0 Å². The number of ether oxygens (including phenoxy) is 1. The quantitative estimate of drug-likeness (QED) is 0.651. The molecule has 2 heterocycles. The molecule has 0 saturated carbocycles. The van der Waals surface area contributed by atoms with Crippen molar-refractivity contribution in [1.29, 1.82) is 0 Å². The van der Waals surface area contributed by atoms with Gasteiger partial charge >= 0.3 is 0 Å². The van der Waals surface area contributed by atoms with Gasteiger partial charge in [0.25, 0.3) is 10.0 Å². The molecule has 8 heteroatoms. The summed E-state index contributed by atoms with van der Waals surface area (Å²) in [6.45, 7) is 4.21. The first-order chi connectivity index (χ1) is 11.0. The molecule has 120 valence electrons. The molecule has 0 amide bonds. The number of methoxy groups -OCH3 is 1. The molecule has 2 aromatic heterocycles. The van der Waals surface area contributed by atoms with Crippen LogP contribution in [0, 0.1) is 0 Å². The highest BCUT2D eigenvalue weighted by Crippen LogP contribution is 2.24. The van der Waals surface area contributed by atoms with E-state index in [0.717, 1.165) is 27.3 Å². The standard InChI is InChI=1S/C15H14N2O3S3/c1-3-8-17-12-7-6-11(20-2)10-13(12)22-15(17)16-23(18,19)14-5-4-9-21-14/h3-7,9-10H,1,8H2,2H3/b16-15-. The highest BCUT2D eigenvalue weighted by atomic mass is 32.2. The molecular weight excluding hydrogens is 352 g/mol. The maximum atomic E-state index is 12.4. The molecule has 0 fully saturated rings. The summed E-state index contributed by atoms with van der Waals surface area (Å²) >= 11 is 2.47. The smallest absolute Gasteiger partial charge is 0.294 e. The number of thiophene rings is 1. The monoisotopic (exact) mass is 366 g/mol. The van der Waals surface area contributed by atoms with E-state index in [4.69, 9.17) is 4.74 Å². The van der Waals surface area contributed by atoms with Gasteiger partial charge in [-0.25, -0.2) is 0 Å². The summed E-state index contributed by atoms with van der Waals surface area (Å²) < 4.78 is 37.0.